The molecule has 1 aliphatic heterocycles. The second-order valence-electron chi connectivity index (χ2n) is 6.13. The minimum Gasteiger partial charge on any atom is -0.338 e. The highest BCUT2D eigenvalue weighted by Crippen LogP contribution is 2.31. The summed E-state index contributed by atoms with van der Waals surface area (Å²) in [5.41, 5.74) is -0.906. The number of aromatic nitrogens is 3. The Morgan fingerprint density at radius 2 is 2.16 bits per heavy atom. The summed E-state index contributed by atoms with van der Waals surface area (Å²) in [6.07, 6.45) is -0.885. The zero-order chi connectivity index (χ0) is 18.2. The molecular weight excluding hydrogens is 337 g/mol. The van der Waals surface area contributed by atoms with Crippen LogP contribution in [0.25, 0.3) is 0 Å². The summed E-state index contributed by atoms with van der Waals surface area (Å²) in [6, 6.07) is 2.82. The molecule has 0 unspecified atom stereocenters. The third kappa shape index (κ3) is 3.59. The number of hydrogen-bond donors (Lipinski definition) is 1. The molecule has 2 aromatic rings. The fourth-order valence-electron chi connectivity index (χ4n) is 2.94. The van der Waals surface area contributed by atoms with Crippen LogP contribution in [0.3, 0.4) is 0 Å². The Morgan fingerprint density at radius 3 is 2.80 bits per heavy atom. The number of carbonyl (C=O) groups excluding carboxylic acids is 1. The van der Waals surface area contributed by atoms with Crippen molar-refractivity contribution in [1.82, 2.24) is 19.4 Å². The number of halogens is 3. The van der Waals surface area contributed by atoms with Crippen molar-refractivity contribution in [3.05, 3.63) is 52.0 Å². The smallest absolute Gasteiger partial charge is 0.338 e. The number of hydrogen-bond acceptors (Lipinski definition) is 3. The Hall–Kier alpha value is -2.58. The molecule has 1 aliphatic rings. The molecule has 1 amide bonds. The first-order chi connectivity index (χ1) is 11.8. The molecular formula is C16H17F3N4O2. The number of aryl methyl sites for hydroxylation is 1. The van der Waals surface area contributed by atoms with Gasteiger partial charge in [0.05, 0.1) is 6.20 Å². The number of pyridine rings is 1. The Morgan fingerprint density at radius 1 is 1.40 bits per heavy atom. The molecule has 0 saturated carbocycles. The second kappa shape index (κ2) is 6.38. The lowest BCUT2D eigenvalue weighted by atomic mass is 9.97. The zero-order valence-corrected chi connectivity index (χ0v) is 13.5. The fraction of sp³-hybridized carbons (Fsp3) is 0.438. The molecule has 25 heavy (non-hydrogen) atoms. The molecule has 1 atom stereocenters. The maximum absolute atomic E-state index is 12.7. The molecule has 6 nitrogen and oxygen atoms in total. The molecule has 134 valence electrons. The van der Waals surface area contributed by atoms with E-state index in [0.29, 0.717) is 19.4 Å². The monoisotopic (exact) mass is 354 g/mol. The quantitative estimate of drug-likeness (QED) is 0.898. The molecule has 0 aliphatic carbocycles. The van der Waals surface area contributed by atoms with Crippen molar-refractivity contribution >= 4 is 5.91 Å². The largest absolute Gasteiger partial charge is 0.432 e. The maximum atomic E-state index is 12.7. The molecule has 1 saturated heterocycles. The van der Waals surface area contributed by atoms with Crippen molar-refractivity contribution in [2.45, 2.75) is 24.9 Å². The average Bonchev–Trinajstić information content (AvgIpc) is 3.07. The average molecular weight is 354 g/mol. The van der Waals surface area contributed by atoms with E-state index in [1.54, 1.807) is 18.0 Å². The summed E-state index contributed by atoms with van der Waals surface area (Å²) in [6.45, 7) is 0.760. The molecule has 0 radical (unpaired) electrons. The topological polar surface area (TPSA) is 71.0 Å². The van der Waals surface area contributed by atoms with Crippen molar-refractivity contribution in [2.24, 2.45) is 7.05 Å². The minimum absolute atomic E-state index is 0.230. The highest BCUT2D eigenvalue weighted by molar-refractivity contribution is 5.94. The van der Waals surface area contributed by atoms with Gasteiger partial charge in [-0.3, -0.25) is 9.59 Å². The number of aromatic amines is 1. The molecule has 9 heteroatoms. The third-order valence-electron chi connectivity index (χ3n) is 4.35. The lowest BCUT2D eigenvalue weighted by molar-refractivity contribution is -0.141. The van der Waals surface area contributed by atoms with Gasteiger partial charge in [-0.25, -0.2) is 4.98 Å². The van der Waals surface area contributed by atoms with Gasteiger partial charge in [0.15, 0.2) is 0 Å². The first-order valence-corrected chi connectivity index (χ1v) is 7.84. The van der Waals surface area contributed by atoms with Crippen molar-refractivity contribution < 1.29 is 18.0 Å². The van der Waals surface area contributed by atoms with Crippen LogP contribution in [0.15, 0.2) is 29.3 Å². The first kappa shape index (κ1) is 17.2. The van der Waals surface area contributed by atoms with Crippen LogP contribution in [-0.2, 0) is 13.2 Å². The van der Waals surface area contributed by atoms with Crippen LogP contribution in [-0.4, -0.2) is 38.4 Å². The lowest BCUT2D eigenvalue weighted by Crippen LogP contribution is -2.39. The van der Waals surface area contributed by atoms with Crippen LogP contribution < -0.4 is 5.56 Å². The normalized spacial score (nSPS) is 18.4. The summed E-state index contributed by atoms with van der Waals surface area (Å²) in [5.74, 6) is -0.362. The summed E-state index contributed by atoms with van der Waals surface area (Å²) in [7, 11) is 1.59. The van der Waals surface area contributed by atoms with Crippen molar-refractivity contribution in [2.75, 3.05) is 13.1 Å². The Labute approximate surface area is 141 Å². The number of carbonyl (C=O) groups is 1. The number of nitrogens with zero attached hydrogens (tertiary/aromatic N) is 3. The van der Waals surface area contributed by atoms with E-state index < -0.39 is 11.9 Å². The van der Waals surface area contributed by atoms with Gasteiger partial charge in [0, 0.05) is 43.9 Å². The number of piperidine rings is 1. The van der Waals surface area contributed by atoms with Gasteiger partial charge in [0.2, 0.25) is 0 Å². The molecule has 3 rings (SSSR count). The number of rotatable bonds is 2. The van der Waals surface area contributed by atoms with Crippen molar-refractivity contribution in [1.29, 1.82) is 0 Å². The van der Waals surface area contributed by atoms with E-state index in [-0.39, 0.29) is 35.3 Å². The van der Waals surface area contributed by atoms with E-state index in [2.05, 4.69) is 9.97 Å². The summed E-state index contributed by atoms with van der Waals surface area (Å²) in [5, 5.41) is 0. The number of nitrogens with one attached hydrogen (secondary N) is 1. The van der Waals surface area contributed by atoms with E-state index >= 15 is 0 Å². The molecule has 0 spiro atoms. The van der Waals surface area contributed by atoms with Crippen LogP contribution in [0.5, 0.6) is 0 Å². The predicted octanol–water partition coefficient (Wildman–Crippen LogP) is 2.15. The minimum atomic E-state index is -4.47. The molecule has 0 aromatic carbocycles. The number of amides is 1. The van der Waals surface area contributed by atoms with E-state index in [0.717, 1.165) is 6.20 Å². The van der Waals surface area contributed by atoms with Crippen LogP contribution in [0.2, 0.25) is 0 Å². The van der Waals surface area contributed by atoms with E-state index in [9.17, 15) is 22.8 Å². The molecule has 3 heterocycles. The summed E-state index contributed by atoms with van der Waals surface area (Å²) in [4.78, 5) is 31.9. The highest BCUT2D eigenvalue weighted by Gasteiger charge is 2.35. The fourth-order valence-corrected chi connectivity index (χ4v) is 2.94. The van der Waals surface area contributed by atoms with E-state index in [1.807, 2.05) is 0 Å². The molecule has 1 fully saturated rings. The van der Waals surface area contributed by atoms with Crippen LogP contribution >= 0.6 is 0 Å². The molecule has 1 N–H and O–H groups in total. The highest BCUT2D eigenvalue weighted by atomic mass is 19.4. The number of alkyl halides is 3. The van der Waals surface area contributed by atoms with E-state index in [4.69, 9.17) is 0 Å². The number of H-pyrrole nitrogens is 1. The van der Waals surface area contributed by atoms with Crippen LogP contribution in [0.4, 0.5) is 13.2 Å². The van der Waals surface area contributed by atoms with Gasteiger partial charge in [-0.2, -0.15) is 13.2 Å². The van der Waals surface area contributed by atoms with Gasteiger partial charge < -0.3 is 14.5 Å². The maximum Gasteiger partial charge on any atom is 0.432 e. The molecule has 2 aromatic heterocycles. The number of imidazole rings is 1. The van der Waals surface area contributed by atoms with Gasteiger partial charge in [-0.05, 0) is 18.9 Å². The van der Waals surface area contributed by atoms with Crippen LogP contribution in [0, 0.1) is 0 Å². The van der Waals surface area contributed by atoms with Gasteiger partial charge in [-0.15, -0.1) is 0 Å². The second-order valence-corrected chi connectivity index (χ2v) is 6.13. The van der Waals surface area contributed by atoms with Gasteiger partial charge >= 0.3 is 6.18 Å². The Bertz CT molecular complexity index is 840. The van der Waals surface area contributed by atoms with Crippen LogP contribution in [0.1, 0.15) is 40.6 Å². The predicted molar refractivity (Wildman–Crippen MR) is 83.2 cm³/mol. The van der Waals surface area contributed by atoms with Crippen molar-refractivity contribution in [3.8, 4) is 0 Å². The van der Waals surface area contributed by atoms with Gasteiger partial charge in [0.25, 0.3) is 11.5 Å². The Balaban J connectivity index is 1.76. The first-order valence-electron chi connectivity index (χ1n) is 7.84. The third-order valence-corrected chi connectivity index (χ3v) is 4.35. The van der Waals surface area contributed by atoms with Crippen molar-refractivity contribution in [3.63, 3.8) is 0 Å². The standard InChI is InChI=1S/C16H17F3N4O2/c1-22-6-4-10(7-13(22)24)15(25)23-5-2-3-11(9-23)14-20-8-12(21-14)16(17,18)19/h4,6-8,11H,2-3,5,9H2,1H3,(H,20,21)/t11-/m0/s1. The SMILES string of the molecule is Cn1ccc(C(=O)N2CCC[C@H](c3ncc(C(F)(F)F)[nH]3)C2)cc1=O. The Kier molecular flexibility index (Phi) is 4.40. The summed E-state index contributed by atoms with van der Waals surface area (Å²) < 4.78 is 39.5. The summed E-state index contributed by atoms with van der Waals surface area (Å²) >= 11 is 0. The zero-order valence-electron chi connectivity index (χ0n) is 13.5. The lowest BCUT2D eigenvalue weighted by Gasteiger charge is -2.32. The number of likely N-dealkylation sites (tertiary alicyclic amines) is 1. The molecule has 0 bridgehead atoms. The van der Waals surface area contributed by atoms with E-state index in [1.165, 1.54) is 16.8 Å². The van der Waals surface area contributed by atoms with Gasteiger partial charge in [-0.1, -0.05) is 0 Å². The van der Waals surface area contributed by atoms with Gasteiger partial charge in [0.1, 0.15) is 11.5 Å².